The van der Waals surface area contributed by atoms with Crippen LogP contribution in [0.2, 0.25) is 0 Å². The number of nitro groups is 1. The van der Waals surface area contributed by atoms with Crippen molar-refractivity contribution in [3.05, 3.63) is 33.9 Å². The van der Waals surface area contributed by atoms with Crippen molar-refractivity contribution in [3.8, 4) is 5.75 Å². The standard InChI is InChI=1S/C14H17ClN2O4/c1-21-13-7-10(17(19)20)5-6-11(13)14(18)16-12-4-2-3-9(12)8-15/h5-7,9,12H,2-4,8H2,1H3,(H,16,18). The Hall–Kier alpha value is -1.82. The molecule has 1 aromatic carbocycles. The van der Waals surface area contributed by atoms with Gasteiger partial charge >= 0.3 is 0 Å². The molecule has 1 amide bonds. The number of non-ortho nitro benzene ring substituents is 1. The number of alkyl halides is 1. The highest BCUT2D eigenvalue weighted by molar-refractivity contribution is 6.18. The van der Waals surface area contributed by atoms with Gasteiger partial charge in [-0.2, -0.15) is 0 Å². The van der Waals surface area contributed by atoms with Crippen LogP contribution in [0.15, 0.2) is 18.2 Å². The van der Waals surface area contributed by atoms with Gasteiger partial charge in [0.25, 0.3) is 11.6 Å². The fourth-order valence-electron chi connectivity index (χ4n) is 2.64. The van der Waals surface area contributed by atoms with Crippen LogP contribution in [0.1, 0.15) is 29.6 Å². The van der Waals surface area contributed by atoms with Gasteiger partial charge in [0, 0.05) is 18.0 Å². The lowest BCUT2D eigenvalue weighted by Crippen LogP contribution is -2.38. The lowest BCUT2D eigenvalue weighted by molar-refractivity contribution is -0.384. The molecule has 21 heavy (non-hydrogen) atoms. The second kappa shape index (κ2) is 6.76. The van der Waals surface area contributed by atoms with Crippen LogP contribution < -0.4 is 10.1 Å². The number of amides is 1. The highest BCUT2D eigenvalue weighted by Gasteiger charge is 2.29. The van der Waals surface area contributed by atoms with Gasteiger partial charge in [-0.3, -0.25) is 14.9 Å². The lowest BCUT2D eigenvalue weighted by atomic mass is 10.1. The molecule has 0 saturated heterocycles. The SMILES string of the molecule is COc1cc([N+](=O)[O-])ccc1C(=O)NC1CCCC1CCl. The fraction of sp³-hybridized carbons (Fsp3) is 0.500. The van der Waals surface area contributed by atoms with Gasteiger partial charge in [-0.1, -0.05) is 6.42 Å². The number of halogens is 1. The summed E-state index contributed by atoms with van der Waals surface area (Å²) < 4.78 is 5.08. The van der Waals surface area contributed by atoms with Crippen LogP contribution in [0.5, 0.6) is 5.75 Å². The first kappa shape index (κ1) is 15.6. The average molecular weight is 313 g/mol. The van der Waals surface area contributed by atoms with Crippen molar-refractivity contribution in [1.29, 1.82) is 0 Å². The van der Waals surface area contributed by atoms with Gasteiger partial charge < -0.3 is 10.1 Å². The second-order valence-electron chi connectivity index (χ2n) is 5.07. The minimum Gasteiger partial charge on any atom is -0.496 e. The summed E-state index contributed by atoms with van der Waals surface area (Å²) in [5.41, 5.74) is 0.186. The third-order valence-corrected chi connectivity index (χ3v) is 4.21. The Kier molecular flexibility index (Phi) is 5.01. The van der Waals surface area contributed by atoms with Crippen LogP contribution in [0, 0.1) is 16.0 Å². The summed E-state index contributed by atoms with van der Waals surface area (Å²) in [6, 6.07) is 4.01. The molecule has 2 atom stereocenters. The van der Waals surface area contributed by atoms with Crippen LogP contribution in [0.25, 0.3) is 0 Å². The van der Waals surface area contributed by atoms with E-state index in [2.05, 4.69) is 5.32 Å². The van der Waals surface area contributed by atoms with Crippen LogP contribution in [-0.2, 0) is 0 Å². The van der Waals surface area contributed by atoms with E-state index in [1.165, 1.54) is 25.3 Å². The number of carbonyl (C=O) groups excluding carboxylic acids is 1. The summed E-state index contributed by atoms with van der Waals surface area (Å²) in [5, 5.41) is 13.7. The Labute approximate surface area is 127 Å². The monoisotopic (exact) mass is 312 g/mol. The maximum absolute atomic E-state index is 12.3. The molecular weight excluding hydrogens is 296 g/mol. The quantitative estimate of drug-likeness (QED) is 0.515. The zero-order valence-electron chi connectivity index (χ0n) is 11.7. The van der Waals surface area contributed by atoms with E-state index in [0.717, 1.165) is 19.3 Å². The first-order valence-corrected chi connectivity index (χ1v) is 7.29. The molecule has 0 spiro atoms. The number of carbonyl (C=O) groups is 1. The van der Waals surface area contributed by atoms with Gasteiger partial charge in [0.1, 0.15) is 5.75 Å². The van der Waals surface area contributed by atoms with Gasteiger partial charge in [0.05, 0.1) is 23.7 Å². The summed E-state index contributed by atoms with van der Waals surface area (Å²) >= 11 is 5.90. The first-order chi connectivity index (χ1) is 10.1. The van der Waals surface area contributed by atoms with Crippen molar-refractivity contribution >= 4 is 23.2 Å². The van der Waals surface area contributed by atoms with E-state index in [4.69, 9.17) is 16.3 Å². The Morgan fingerprint density at radius 1 is 1.52 bits per heavy atom. The van der Waals surface area contributed by atoms with Crippen molar-refractivity contribution in [2.24, 2.45) is 5.92 Å². The molecule has 0 bridgehead atoms. The number of ether oxygens (including phenoxy) is 1. The highest BCUT2D eigenvalue weighted by atomic mass is 35.5. The van der Waals surface area contributed by atoms with Crippen LogP contribution in [-0.4, -0.2) is 29.9 Å². The predicted molar refractivity (Wildman–Crippen MR) is 79.0 cm³/mol. The molecule has 2 rings (SSSR count). The Balaban J connectivity index is 2.17. The minimum atomic E-state index is -0.523. The summed E-state index contributed by atoms with van der Waals surface area (Å²) in [6.45, 7) is 0. The Morgan fingerprint density at radius 2 is 2.29 bits per heavy atom. The topological polar surface area (TPSA) is 81.5 Å². The van der Waals surface area contributed by atoms with Gasteiger partial charge in [0.2, 0.25) is 0 Å². The summed E-state index contributed by atoms with van der Waals surface area (Å²) in [6.07, 6.45) is 2.95. The van der Waals surface area contributed by atoms with E-state index < -0.39 is 4.92 Å². The number of hydrogen-bond acceptors (Lipinski definition) is 4. The molecule has 114 valence electrons. The molecular formula is C14H17ClN2O4. The zero-order chi connectivity index (χ0) is 15.4. The van der Waals surface area contributed by atoms with E-state index in [1.807, 2.05) is 0 Å². The molecule has 0 aliphatic heterocycles. The minimum absolute atomic E-state index is 0.0508. The van der Waals surface area contributed by atoms with Crippen LogP contribution >= 0.6 is 11.6 Å². The van der Waals surface area contributed by atoms with Crippen molar-refractivity contribution in [3.63, 3.8) is 0 Å². The fourth-order valence-corrected chi connectivity index (χ4v) is 3.01. The van der Waals surface area contributed by atoms with Gasteiger partial charge in [-0.15, -0.1) is 11.6 Å². The molecule has 1 aromatic rings. The summed E-state index contributed by atoms with van der Waals surface area (Å²) in [5.74, 6) is 0.702. The molecule has 1 N–H and O–H groups in total. The number of nitrogens with zero attached hydrogens (tertiary/aromatic N) is 1. The summed E-state index contributed by atoms with van der Waals surface area (Å²) in [7, 11) is 1.38. The third-order valence-electron chi connectivity index (χ3n) is 3.81. The smallest absolute Gasteiger partial charge is 0.273 e. The molecule has 2 unspecified atom stereocenters. The molecule has 7 heteroatoms. The predicted octanol–water partition coefficient (Wildman–Crippen LogP) is 2.74. The molecule has 6 nitrogen and oxygen atoms in total. The highest BCUT2D eigenvalue weighted by Crippen LogP contribution is 2.28. The molecule has 1 aliphatic rings. The third kappa shape index (κ3) is 3.44. The number of nitrogens with one attached hydrogen (secondary N) is 1. The summed E-state index contributed by atoms with van der Waals surface area (Å²) in [4.78, 5) is 22.5. The molecule has 0 heterocycles. The molecule has 1 fully saturated rings. The van der Waals surface area contributed by atoms with Gasteiger partial charge in [-0.05, 0) is 24.8 Å². The maximum Gasteiger partial charge on any atom is 0.273 e. The van der Waals surface area contributed by atoms with Gasteiger partial charge in [-0.25, -0.2) is 0 Å². The Morgan fingerprint density at radius 3 is 2.90 bits per heavy atom. The first-order valence-electron chi connectivity index (χ1n) is 6.76. The second-order valence-corrected chi connectivity index (χ2v) is 5.38. The average Bonchev–Trinajstić information content (AvgIpc) is 2.93. The van der Waals surface area contributed by atoms with Crippen LogP contribution in [0.3, 0.4) is 0 Å². The largest absolute Gasteiger partial charge is 0.496 e. The van der Waals surface area contributed by atoms with Crippen molar-refractivity contribution < 1.29 is 14.5 Å². The lowest BCUT2D eigenvalue weighted by Gasteiger charge is -2.19. The van der Waals surface area contributed by atoms with E-state index >= 15 is 0 Å². The van der Waals surface area contributed by atoms with Crippen molar-refractivity contribution in [2.75, 3.05) is 13.0 Å². The van der Waals surface area contributed by atoms with E-state index in [0.29, 0.717) is 11.4 Å². The Bertz CT molecular complexity index is 550. The zero-order valence-corrected chi connectivity index (χ0v) is 12.4. The molecule has 1 aliphatic carbocycles. The number of hydrogen-bond donors (Lipinski definition) is 1. The number of rotatable bonds is 5. The van der Waals surface area contributed by atoms with E-state index in [9.17, 15) is 14.9 Å². The maximum atomic E-state index is 12.3. The number of methoxy groups -OCH3 is 1. The molecule has 0 aromatic heterocycles. The number of benzene rings is 1. The van der Waals surface area contributed by atoms with E-state index in [-0.39, 0.29) is 29.3 Å². The number of nitro benzene ring substituents is 1. The van der Waals surface area contributed by atoms with Crippen LogP contribution in [0.4, 0.5) is 5.69 Å². The van der Waals surface area contributed by atoms with E-state index in [1.54, 1.807) is 0 Å². The van der Waals surface area contributed by atoms with Crippen molar-refractivity contribution in [1.82, 2.24) is 5.32 Å². The molecule has 0 radical (unpaired) electrons. The molecule has 1 saturated carbocycles. The normalized spacial score (nSPS) is 21.0. The van der Waals surface area contributed by atoms with Crippen molar-refractivity contribution in [2.45, 2.75) is 25.3 Å². The van der Waals surface area contributed by atoms with Gasteiger partial charge in [0.15, 0.2) is 0 Å².